The van der Waals surface area contributed by atoms with Gasteiger partial charge in [0.25, 0.3) is 0 Å². The molecule has 1 saturated heterocycles. The summed E-state index contributed by atoms with van der Waals surface area (Å²) in [7, 11) is 0. The van der Waals surface area contributed by atoms with E-state index in [4.69, 9.17) is 15.0 Å². The first-order valence-corrected chi connectivity index (χ1v) is 13.3. The molecular formula is C26H33N7S. The number of aromatic nitrogens is 2. The van der Waals surface area contributed by atoms with Crippen molar-refractivity contribution in [3.63, 3.8) is 0 Å². The van der Waals surface area contributed by atoms with Crippen LogP contribution in [0.3, 0.4) is 0 Å². The molecule has 3 unspecified atom stereocenters. The molecule has 7 nitrogen and oxygen atoms in total. The number of fused-ring (bicyclic) bond motifs is 3. The van der Waals surface area contributed by atoms with E-state index in [9.17, 15) is 5.26 Å². The van der Waals surface area contributed by atoms with Crippen molar-refractivity contribution in [1.29, 1.82) is 5.26 Å². The smallest absolute Gasteiger partial charge is 0.212 e. The summed E-state index contributed by atoms with van der Waals surface area (Å²) in [6, 6.07) is 8.24. The molecule has 1 N–H and O–H groups in total. The van der Waals surface area contributed by atoms with E-state index in [1.807, 2.05) is 43.0 Å². The molecule has 2 fully saturated rings. The molecular weight excluding hydrogens is 442 g/mol. The van der Waals surface area contributed by atoms with Crippen LogP contribution in [-0.2, 0) is 0 Å². The highest BCUT2D eigenvalue weighted by Crippen LogP contribution is 2.53. The van der Waals surface area contributed by atoms with E-state index in [-0.39, 0.29) is 6.04 Å². The lowest BCUT2D eigenvalue weighted by atomic mass is 9.86. The summed E-state index contributed by atoms with van der Waals surface area (Å²) < 4.78 is 0. The maximum absolute atomic E-state index is 9.48. The van der Waals surface area contributed by atoms with Crippen molar-refractivity contribution < 1.29 is 0 Å². The second-order valence-electron chi connectivity index (χ2n) is 9.87. The molecule has 3 aliphatic rings. The number of nitrogens with one attached hydrogen (secondary N) is 1. The van der Waals surface area contributed by atoms with Crippen LogP contribution in [0.4, 0.5) is 11.5 Å². The van der Waals surface area contributed by atoms with Crippen molar-refractivity contribution in [2.24, 2.45) is 10.9 Å². The molecule has 0 amide bonds. The molecule has 0 bridgehead atoms. The predicted octanol–water partition coefficient (Wildman–Crippen LogP) is 4.82. The Morgan fingerprint density at radius 3 is 2.82 bits per heavy atom. The summed E-state index contributed by atoms with van der Waals surface area (Å²) in [5.74, 6) is 2.70. The largest absolute Gasteiger partial charge is 0.352 e. The van der Waals surface area contributed by atoms with Crippen molar-refractivity contribution in [3.05, 3.63) is 41.9 Å². The fourth-order valence-electron chi connectivity index (χ4n) is 5.53. The third-order valence-electron chi connectivity index (χ3n) is 7.40. The Morgan fingerprint density at radius 1 is 1.21 bits per heavy atom. The molecule has 178 valence electrons. The first kappa shape index (κ1) is 23.0. The summed E-state index contributed by atoms with van der Waals surface area (Å²) in [4.78, 5) is 20.4. The van der Waals surface area contributed by atoms with E-state index >= 15 is 0 Å². The van der Waals surface area contributed by atoms with Crippen LogP contribution in [0, 0.1) is 24.3 Å². The normalized spacial score (nSPS) is 24.6. The molecule has 3 atom stereocenters. The number of aliphatic imine (C=N–C) groups is 1. The van der Waals surface area contributed by atoms with Gasteiger partial charge in [-0.05, 0) is 37.3 Å². The van der Waals surface area contributed by atoms with Crippen molar-refractivity contribution in [3.8, 4) is 6.19 Å². The number of anilines is 1. The SMILES string of the molecule is Cc1ccccc1N=C(NC#N)N1CCN(c2ncnc3c2SC2CCCCC32)CC1C(C)C. The average Bonchev–Trinajstić information content (AvgIpc) is 3.23. The van der Waals surface area contributed by atoms with E-state index < -0.39 is 0 Å². The summed E-state index contributed by atoms with van der Waals surface area (Å²) in [6.07, 6.45) is 9.05. The average molecular weight is 476 g/mol. The molecule has 1 aromatic carbocycles. The standard InChI is InChI=1S/C26H33N7S/c1-17(2)21-14-32(25-24-23(29-16-30-25)19-9-5-7-11-22(19)34-24)12-13-33(21)26(28-15-27)31-20-10-6-4-8-18(20)3/h4,6,8,10,16-17,19,21-22H,5,7,9,11-14H2,1-3H3,(H,28,31). The first-order valence-electron chi connectivity index (χ1n) is 12.4. The Morgan fingerprint density at radius 2 is 2.03 bits per heavy atom. The van der Waals surface area contributed by atoms with Crippen LogP contribution in [0.15, 0.2) is 40.5 Å². The van der Waals surface area contributed by atoms with E-state index in [0.29, 0.717) is 23.0 Å². The van der Waals surface area contributed by atoms with Crippen LogP contribution in [0.1, 0.15) is 56.7 Å². The molecule has 34 heavy (non-hydrogen) atoms. The minimum atomic E-state index is 0.205. The lowest BCUT2D eigenvalue weighted by Gasteiger charge is -2.45. The van der Waals surface area contributed by atoms with Gasteiger partial charge >= 0.3 is 0 Å². The van der Waals surface area contributed by atoms with Crippen LogP contribution < -0.4 is 10.2 Å². The van der Waals surface area contributed by atoms with E-state index in [1.165, 1.54) is 36.3 Å². The second-order valence-corrected chi connectivity index (χ2v) is 11.1. The minimum Gasteiger partial charge on any atom is -0.352 e. The van der Waals surface area contributed by atoms with Crippen LogP contribution in [0.5, 0.6) is 0 Å². The molecule has 5 rings (SSSR count). The van der Waals surface area contributed by atoms with Crippen molar-refractivity contribution in [2.75, 3.05) is 24.5 Å². The summed E-state index contributed by atoms with van der Waals surface area (Å²) in [6.45, 7) is 8.99. The zero-order valence-electron chi connectivity index (χ0n) is 20.2. The number of piperazine rings is 1. The number of aryl methyl sites for hydroxylation is 1. The number of hydrogen-bond donors (Lipinski definition) is 1. The highest BCUT2D eigenvalue weighted by atomic mass is 32.2. The topological polar surface area (TPSA) is 80.4 Å². The van der Waals surface area contributed by atoms with Crippen LogP contribution >= 0.6 is 11.8 Å². The van der Waals surface area contributed by atoms with Crippen molar-refractivity contribution >= 4 is 29.2 Å². The highest BCUT2D eigenvalue weighted by molar-refractivity contribution is 8.00. The summed E-state index contributed by atoms with van der Waals surface area (Å²) >= 11 is 2.01. The molecule has 2 aromatic rings. The number of rotatable bonds is 3. The highest BCUT2D eigenvalue weighted by Gasteiger charge is 2.40. The minimum absolute atomic E-state index is 0.205. The summed E-state index contributed by atoms with van der Waals surface area (Å²) in [5, 5.41) is 13.0. The zero-order chi connectivity index (χ0) is 23.7. The third kappa shape index (κ3) is 4.34. The van der Waals surface area contributed by atoms with Crippen LogP contribution in [0.2, 0.25) is 0 Å². The number of guanidine groups is 1. The van der Waals surface area contributed by atoms with Gasteiger partial charge < -0.3 is 9.80 Å². The maximum Gasteiger partial charge on any atom is 0.212 e. The van der Waals surface area contributed by atoms with Crippen molar-refractivity contribution in [1.82, 2.24) is 20.2 Å². The van der Waals surface area contributed by atoms with Gasteiger partial charge in [0.05, 0.1) is 22.3 Å². The number of para-hydroxylation sites is 1. The van der Waals surface area contributed by atoms with Gasteiger partial charge in [0.2, 0.25) is 5.96 Å². The van der Waals surface area contributed by atoms with Gasteiger partial charge in [-0.1, -0.05) is 44.9 Å². The molecule has 1 aliphatic carbocycles. The summed E-state index contributed by atoms with van der Waals surface area (Å²) in [5.41, 5.74) is 3.25. The molecule has 8 heteroatoms. The first-order chi connectivity index (χ1) is 16.6. The maximum atomic E-state index is 9.48. The zero-order valence-corrected chi connectivity index (χ0v) is 21.1. The van der Waals surface area contributed by atoms with Gasteiger partial charge in [-0.15, -0.1) is 11.8 Å². The van der Waals surface area contributed by atoms with Gasteiger partial charge in [-0.25, -0.2) is 15.0 Å². The van der Waals surface area contributed by atoms with E-state index in [0.717, 1.165) is 36.7 Å². The number of nitrogens with zero attached hydrogens (tertiary/aromatic N) is 6. The van der Waals surface area contributed by atoms with Crippen LogP contribution in [0.25, 0.3) is 0 Å². The van der Waals surface area contributed by atoms with Crippen LogP contribution in [-0.4, -0.2) is 51.8 Å². The quantitative estimate of drug-likeness (QED) is 0.295. The van der Waals surface area contributed by atoms with E-state index in [1.54, 1.807) is 6.33 Å². The van der Waals surface area contributed by atoms with Gasteiger partial charge in [-0.3, -0.25) is 5.32 Å². The van der Waals surface area contributed by atoms with Gasteiger partial charge in [-0.2, -0.15) is 5.26 Å². The monoisotopic (exact) mass is 475 g/mol. The Labute approximate surface area is 206 Å². The molecule has 2 aliphatic heterocycles. The number of thioether (sulfide) groups is 1. The fourth-order valence-corrected chi connectivity index (χ4v) is 7.16. The van der Waals surface area contributed by atoms with Crippen molar-refractivity contribution in [2.45, 2.75) is 68.6 Å². The molecule has 0 spiro atoms. The Bertz CT molecular complexity index is 1110. The van der Waals surface area contributed by atoms with Gasteiger partial charge in [0.1, 0.15) is 12.1 Å². The number of nitriles is 1. The second kappa shape index (κ2) is 9.83. The molecule has 0 radical (unpaired) electrons. The fraction of sp³-hybridized carbons (Fsp3) is 0.538. The number of hydrogen-bond acceptors (Lipinski definition) is 6. The lowest BCUT2D eigenvalue weighted by Crippen LogP contribution is -2.59. The third-order valence-corrected chi connectivity index (χ3v) is 8.90. The lowest BCUT2D eigenvalue weighted by molar-refractivity contribution is 0.219. The van der Waals surface area contributed by atoms with E-state index in [2.05, 4.69) is 35.2 Å². The molecule has 1 saturated carbocycles. The molecule has 1 aromatic heterocycles. The molecule has 3 heterocycles. The van der Waals surface area contributed by atoms with Gasteiger partial charge in [0.15, 0.2) is 6.19 Å². The Hall–Kier alpha value is -2.79. The van der Waals surface area contributed by atoms with Gasteiger partial charge in [0, 0.05) is 30.8 Å². The number of benzene rings is 1. The Kier molecular flexibility index (Phi) is 6.64. The Balaban J connectivity index is 1.42. The predicted molar refractivity (Wildman–Crippen MR) is 137 cm³/mol.